The highest BCUT2D eigenvalue weighted by molar-refractivity contribution is 7.90. The summed E-state index contributed by atoms with van der Waals surface area (Å²) in [7, 11) is 0.200. The lowest BCUT2D eigenvalue weighted by atomic mass is 9.94. The summed E-state index contributed by atoms with van der Waals surface area (Å²) in [6, 6.07) is 7.29. The SMILES string of the molecule is CCc1cccc(NS(=O)(=O)N2CCC(c3ccnc(N(C)C)n3)CC2)n1. The molecule has 1 saturated heterocycles. The molecule has 0 atom stereocenters. The predicted octanol–water partition coefficient (Wildman–Crippen LogP) is 2.04. The van der Waals surface area contributed by atoms with Gasteiger partial charge < -0.3 is 4.90 Å². The molecule has 1 N–H and O–H groups in total. The molecule has 3 rings (SSSR count). The van der Waals surface area contributed by atoms with Gasteiger partial charge in [0.15, 0.2) is 0 Å². The molecule has 0 amide bonds. The van der Waals surface area contributed by atoms with E-state index < -0.39 is 10.2 Å². The lowest BCUT2D eigenvalue weighted by molar-refractivity contribution is 0.318. The molecule has 0 radical (unpaired) electrons. The van der Waals surface area contributed by atoms with Gasteiger partial charge in [-0.1, -0.05) is 13.0 Å². The zero-order valence-corrected chi connectivity index (χ0v) is 16.8. The molecular formula is C18H26N6O2S. The van der Waals surface area contributed by atoms with E-state index in [1.807, 2.05) is 44.1 Å². The minimum Gasteiger partial charge on any atom is -0.347 e. The van der Waals surface area contributed by atoms with Crippen molar-refractivity contribution >= 4 is 22.0 Å². The molecule has 146 valence electrons. The van der Waals surface area contributed by atoms with E-state index in [4.69, 9.17) is 0 Å². The van der Waals surface area contributed by atoms with Crippen LogP contribution in [-0.2, 0) is 16.6 Å². The summed E-state index contributed by atoms with van der Waals surface area (Å²) < 4.78 is 29.4. The number of pyridine rings is 1. The maximum atomic E-state index is 12.7. The molecule has 0 saturated carbocycles. The van der Waals surface area contributed by atoms with Crippen molar-refractivity contribution in [3.63, 3.8) is 0 Å². The summed E-state index contributed by atoms with van der Waals surface area (Å²) in [6.45, 7) is 2.89. The first-order chi connectivity index (χ1) is 12.9. The molecule has 9 heteroatoms. The van der Waals surface area contributed by atoms with E-state index in [0.29, 0.717) is 24.9 Å². The summed E-state index contributed by atoms with van der Waals surface area (Å²) in [4.78, 5) is 15.0. The maximum Gasteiger partial charge on any atom is 0.302 e. The summed E-state index contributed by atoms with van der Waals surface area (Å²) in [5.74, 6) is 1.27. The highest BCUT2D eigenvalue weighted by Gasteiger charge is 2.29. The Morgan fingerprint density at radius 3 is 2.59 bits per heavy atom. The van der Waals surface area contributed by atoms with Crippen LogP contribution in [0.2, 0.25) is 0 Å². The monoisotopic (exact) mass is 390 g/mol. The third kappa shape index (κ3) is 4.72. The quantitative estimate of drug-likeness (QED) is 0.812. The van der Waals surface area contributed by atoms with Crippen LogP contribution in [0.5, 0.6) is 0 Å². The first-order valence-electron chi connectivity index (χ1n) is 9.13. The van der Waals surface area contributed by atoms with Crippen LogP contribution in [0.3, 0.4) is 0 Å². The van der Waals surface area contributed by atoms with Gasteiger partial charge >= 0.3 is 10.2 Å². The molecule has 3 heterocycles. The van der Waals surface area contributed by atoms with Crippen LogP contribution in [0.15, 0.2) is 30.5 Å². The van der Waals surface area contributed by atoms with Crippen molar-refractivity contribution in [1.29, 1.82) is 0 Å². The van der Waals surface area contributed by atoms with Crippen molar-refractivity contribution < 1.29 is 8.42 Å². The Morgan fingerprint density at radius 2 is 1.93 bits per heavy atom. The molecule has 8 nitrogen and oxygen atoms in total. The number of aryl methyl sites for hydroxylation is 1. The number of hydrogen-bond acceptors (Lipinski definition) is 6. The molecule has 1 aliphatic rings. The number of piperidine rings is 1. The van der Waals surface area contributed by atoms with Crippen LogP contribution in [0.4, 0.5) is 11.8 Å². The number of nitrogens with one attached hydrogen (secondary N) is 1. The van der Waals surface area contributed by atoms with E-state index >= 15 is 0 Å². The van der Waals surface area contributed by atoms with Crippen molar-refractivity contribution in [1.82, 2.24) is 19.3 Å². The molecule has 1 aliphatic heterocycles. The second-order valence-electron chi connectivity index (χ2n) is 6.82. The summed E-state index contributed by atoms with van der Waals surface area (Å²) in [6.07, 6.45) is 3.98. The van der Waals surface area contributed by atoms with E-state index in [1.165, 1.54) is 4.31 Å². The van der Waals surface area contributed by atoms with Crippen molar-refractivity contribution in [2.24, 2.45) is 0 Å². The van der Waals surface area contributed by atoms with Crippen molar-refractivity contribution in [2.75, 3.05) is 36.8 Å². The van der Waals surface area contributed by atoms with Crippen LogP contribution in [0, 0.1) is 0 Å². The smallest absolute Gasteiger partial charge is 0.302 e. The molecule has 2 aromatic rings. The second-order valence-corrected chi connectivity index (χ2v) is 8.49. The van der Waals surface area contributed by atoms with Crippen LogP contribution < -0.4 is 9.62 Å². The van der Waals surface area contributed by atoms with Crippen LogP contribution >= 0.6 is 0 Å². The number of nitrogens with zero attached hydrogens (tertiary/aromatic N) is 5. The largest absolute Gasteiger partial charge is 0.347 e. The van der Waals surface area contributed by atoms with E-state index in [1.54, 1.807) is 12.3 Å². The van der Waals surface area contributed by atoms with Gasteiger partial charge in [-0.2, -0.15) is 12.7 Å². The maximum absolute atomic E-state index is 12.7. The topological polar surface area (TPSA) is 91.3 Å². The van der Waals surface area contributed by atoms with Gasteiger partial charge in [0, 0.05) is 50.7 Å². The Labute approximate surface area is 160 Å². The fourth-order valence-corrected chi connectivity index (χ4v) is 4.33. The molecule has 2 aromatic heterocycles. The van der Waals surface area contributed by atoms with Crippen LogP contribution in [0.25, 0.3) is 0 Å². The molecular weight excluding hydrogens is 364 g/mol. The standard InChI is InChI=1S/C18H26N6O2S/c1-4-15-6-5-7-17(20-15)22-27(25,26)24-12-9-14(10-13-24)16-8-11-19-18(21-16)23(2)3/h5-8,11,14H,4,9-10,12-13H2,1-3H3,(H,20,22). The van der Waals surface area contributed by atoms with E-state index in [-0.39, 0.29) is 5.92 Å². The van der Waals surface area contributed by atoms with Gasteiger partial charge in [0.2, 0.25) is 5.95 Å². The molecule has 0 unspecified atom stereocenters. The Kier molecular flexibility index (Phi) is 5.91. The lowest BCUT2D eigenvalue weighted by Crippen LogP contribution is -2.41. The second kappa shape index (κ2) is 8.18. The summed E-state index contributed by atoms with van der Waals surface area (Å²) in [5, 5.41) is 0. The molecule has 1 fully saturated rings. The van der Waals surface area contributed by atoms with Gasteiger partial charge in [-0.3, -0.25) is 4.72 Å². The van der Waals surface area contributed by atoms with Crippen molar-refractivity contribution in [2.45, 2.75) is 32.1 Å². The van der Waals surface area contributed by atoms with Gasteiger partial charge in [-0.25, -0.2) is 15.0 Å². The predicted molar refractivity (Wildman–Crippen MR) is 106 cm³/mol. The summed E-state index contributed by atoms with van der Waals surface area (Å²) in [5.41, 5.74) is 1.82. The Balaban J connectivity index is 1.65. The fourth-order valence-electron chi connectivity index (χ4n) is 3.13. The number of anilines is 2. The highest BCUT2D eigenvalue weighted by Crippen LogP contribution is 2.28. The van der Waals surface area contributed by atoms with E-state index in [0.717, 1.165) is 30.7 Å². The van der Waals surface area contributed by atoms with Gasteiger partial charge in [0.05, 0.1) is 0 Å². The van der Waals surface area contributed by atoms with Gasteiger partial charge in [-0.15, -0.1) is 0 Å². The van der Waals surface area contributed by atoms with Crippen molar-refractivity contribution in [3.05, 3.63) is 41.9 Å². The lowest BCUT2D eigenvalue weighted by Gasteiger charge is -2.31. The zero-order chi connectivity index (χ0) is 19.4. The van der Waals surface area contributed by atoms with E-state index in [9.17, 15) is 8.42 Å². The third-order valence-electron chi connectivity index (χ3n) is 4.68. The fraction of sp³-hybridized carbons (Fsp3) is 0.500. The first kappa shape index (κ1) is 19.5. The first-order valence-corrected chi connectivity index (χ1v) is 10.6. The number of hydrogen-bond donors (Lipinski definition) is 1. The molecule has 27 heavy (non-hydrogen) atoms. The Bertz CT molecular complexity index is 879. The van der Waals surface area contributed by atoms with Gasteiger partial charge in [0.1, 0.15) is 5.82 Å². The molecule has 0 spiro atoms. The minimum absolute atomic E-state index is 0.236. The Hall–Kier alpha value is -2.26. The van der Waals surface area contributed by atoms with Crippen molar-refractivity contribution in [3.8, 4) is 0 Å². The third-order valence-corrected chi connectivity index (χ3v) is 6.19. The van der Waals surface area contributed by atoms with Crippen LogP contribution in [-0.4, -0.2) is 54.9 Å². The number of rotatable bonds is 6. The van der Waals surface area contributed by atoms with Crippen LogP contribution in [0.1, 0.15) is 37.1 Å². The average Bonchev–Trinajstić information content (AvgIpc) is 2.68. The average molecular weight is 391 g/mol. The van der Waals surface area contributed by atoms with Gasteiger partial charge in [-0.05, 0) is 37.5 Å². The normalized spacial score (nSPS) is 16.3. The molecule has 0 bridgehead atoms. The molecule has 0 aliphatic carbocycles. The Morgan fingerprint density at radius 1 is 1.19 bits per heavy atom. The highest BCUT2D eigenvalue weighted by atomic mass is 32.2. The zero-order valence-electron chi connectivity index (χ0n) is 16.0. The summed E-state index contributed by atoms with van der Waals surface area (Å²) >= 11 is 0. The number of aromatic nitrogens is 3. The van der Waals surface area contributed by atoms with E-state index in [2.05, 4.69) is 19.7 Å². The molecule has 0 aromatic carbocycles. The minimum atomic E-state index is -3.61. The van der Waals surface area contributed by atoms with Gasteiger partial charge in [0.25, 0.3) is 0 Å².